The summed E-state index contributed by atoms with van der Waals surface area (Å²) in [6.45, 7) is 7.88. The molecule has 16 heavy (non-hydrogen) atoms. The molecule has 2 rings (SSSR count). The normalized spacial score (nSPS) is 21.0. The van der Waals surface area contributed by atoms with Gasteiger partial charge in [-0.15, -0.1) is 11.3 Å². The SMILES string of the molecule is CNCc1csc(N2CCC(C(C)C)C2)n1. The third kappa shape index (κ3) is 2.55. The van der Waals surface area contributed by atoms with Crippen LogP contribution >= 0.6 is 11.3 Å². The first kappa shape index (κ1) is 11.9. The first-order valence-electron chi connectivity index (χ1n) is 6.04. The quantitative estimate of drug-likeness (QED) is 0.874. The van der Waals surface area contributed by atoms with Gasteiger partial charge in [0.05, 0.1) is 5.69 Å². The minimum absolute atomic E-state index is 0.793. The van der Waals surface area contributed by atoms with E-state index < -0.39 is 0 Å². The van der Waals surface area contributed by atoms with Gasteiger partial charge in [0.25, 0.3) is 0 Å². The molecule has 0 spiro atoms. The second-order valence-electron chi connectivity index (χ2n) is 4.89. The molecule has 1 atom stereocenters. The van der Waals surface area contributed by atoms with Crippen LogP contribution in [0.1, 0.15) is 26.0 Å². The lowest BCUT2D eigenvalue weighted by molar-refractivity contribution is 0.422. The number of aromatic nitrogens is 1. The van der Waals surface area contributed by atoms with Gasteiger partial charge in [0.1, 0.15) is 0 Å². The van der Waals surface area contributed by atoms with Crippen LogP contribution in [0.25, 0.3) is 0 Å². The molecule has 2 heterocycles. The van der Waals surface area contributed by atoms with Gasteiger partial charge in [-0.1, -0.05) is 13.8 Å². The van der Waals surface area contributed by atoms with Gasteiger partial charge >= 0.3 is 0 Å². The zero-order chi connectivity index (χ0) is 11.5. The molecule has 0 aliphatic carbocycles. The topological polar surface area (TPSA) is 28.2 Å². The van der Waals surface area contributed by atoms with E-state index in [1.165, 1.54) is 24.6 Å². The van der Waals surface area contributed by atoms with E-state index in [-0.39, 0.29) is 0 Å². The van der Waals surface area contributed by atoms with E-state index in [9.17, 15) is 0 Å². The summed E-state index contributed by atoms with van der Waals surface area (Å²) in [7, 11) is 1.96. The predicted molar refractivity (Wildman–Crippen MR) is 70.0 cm³/mol. The van der Waals surface area contributed by atoms with E-state index in [0.29, 0.717) is 0 Å². The summed E-state index contributed by atoms with van der Waals surface area (Å²) in [5.41, 5.74) is 1.16. The number of hydrogen-bond acceptors (Lipinski definition) is 4. The summed E-state index contributed by atoms with van der Waals surface area (Å²) < 4.78 is 0. The Balaban J connectivity index is 1.97. The predicted octanol–water partition coefficient (Wildman–Crippen LogP) is 2.34. The minimum Gasteiger partial charge on any atom is -0.348 e. The van der Waals surface area contributed by atoms with Gasteiger partial charge < -0.3 is 10.2 Å². The standard InChI is InChI=1S/C12H21N3S/c1-9(2)10-4-5-15(7-10)12-14-11(6-13-3)8-16-12/h8-10,13H,4-7H2,1-3H3. The van der Waals surface area contributed by atoms with Crippen molar-refractivity contribution in [2.24, 2.45) is 11.8 Å². The number of rotatable bonds is 4. The second kappa shape index (κ2) is 5.15. The molecule has 90 valence electrons. The Labute approximate surface area is 102 Å². The maximum Gasteiger partial charge on any atom is 0.185 e. The van der Waals surface area contributed by atoms with E-state index in [0.717, 1.165) is 24.1 Å². The molecule has 0 aromatic carbocycles. The number of hydrogen-bond donors (Lipinski definition) is 1. The van der Waals surface area contributed by atoms with Gasteiger partial charge in [-0.25, -0.2) is 4.98 Å². The number of thiazole rings is 1. The molecule has 1 saturated heterocycles. The van der Waals surface area contributed by atoms with E-state index in [2.05, 4.69) is 34.4 Å². The minimum atomic E-state index is 0.793. The van der Waals surface area contributed by atoms with Crippen LogP contribution in [-0.2, 0) is 6.54 Å². The maximum absolute atomic E-state index is 4.66. The van der Waals surface area contributed by atoms with Crippen LogP contribution in [-0.4, -0.2) is 25.1 Å². The lowest BCUT2D eigenvalue weighted by Crippen LogP contribution is -2.21. The third-order valence-corrected chi connectivity index (χ3v) is 4.29. The van der Waals surface area contributed by atoms with Crippen LogP contribution in [0.15, 0.2) is 5.38 Å². The van der Waals surface area contributed by atoms with Crippen molar-refractivity contribution in [1.82, 2.24) is 10.3 Å². The Kier molecular flexibility index (Phi) is 3.82. The molecule has 3 nitrogen and oxygen atoms in total. The lowest BCUT2D eigenvalue weighted by atomic mass is 9.95. The van der Waals surface area contributed by atoms with Gasteiger partial charge in [0.15, 0.2) is 5.13 Å². The van der Waals surface area contributed by atoms with Gasteiger partial charge in [-0.3, -0.25) is 0 Å². The van der Waals surface area contributed by atoms with Gasteiger partial charge in [0.2, 0.25) is 0 Å². The number of anilines is 1. The van der Waals surface area contributed by atoms with E-state index in [4.69, 9.17) is 0 Å². The van der Waals surface area contributed by atoms with E-state index in [1.54, 1.807) is 11.3 Å². The molecule has 1 unspecified atom stereocenters. The van der Waals surface area contributed by atoms with Crippen LogP contribution in [0.3, 0.4) is 0 Å². The third-order valence-electron chi connectivity index (χ3n) is 3.34. The fourth-order valence-corrected chi connectivity index (χ4v) is 3.07. The highest BCUT2D eigenvalue weighted by atomic mass is 32.1. The Morgan fingerprint density at radius 3 is 3.06 bits per heavy atom. The highest BCUT2D eigenvalue weighted by Crippen LogP contribution is 2.30. The fraction of sp³-hybridized carbons (Fsp3) is 0.750. The average molecular weight is 239 g/mol. The van der Waals surface area contributed by atoms with Crippen LogP contribution in [0.4, 0.5) is 5.13 Å². The van der Waals surface area contributed by atoms with Crippen molar-refractivity contribution in [3.63, 3.8) is 0 Å². The molecule has 1 aliphatic heterocycles. The van der Waals surface area contributed by atoms with E-state index >= 15 is 0 Å². The molecule has 1 fully saturated rings. The smallest absolute Gasteiger partial charge is 0.185 e. The Bertz CT molecular complexity index is 335. The Hall–Kier alpha value is -0.610. The fourth-order valence-electron chi connectivity index (χ4n) is 2.21. The van der Waals surface area contributed by atoms with Crippen molar-refractivity contribution in [3.05, 3.63) is 11.1 Å². The first-order chi connectivity index (χ1) is 7.70. The number of nitrogens with one attached hydrogen (secondary N) is 1. The zero-order valence-electron chi connectivity index (χ0n) is 10.4. The van der Waals surface area contributed by atoms with Gasteiger partial charge in [-0.2, -0.15) is 0 Å². The van der Waals surface area contributed by atoms with Crippen molar-refractivity contribution < 1.29 is 0 Å². The molecule has 1 aromatic rings. The van der Waals surface area contributed by atoms with Crippen molar-refractivity contribution in [2.45, 2.75) is 26.8 Å². The molecule has 1 aromatic heterocycles. The van der Waals surface area contributed by atoms with Crippen molar-refractivity contribution in [3.8, 4) is 0 Å². The monoisotopic (exact) mass is 239 g/mol. The lowest BCUT2D eigenvalue weighted by Gasteiger charge is -2.16. The zero-order valence-corrected chi connectivity index (χ0v) is 11.2. The molecule has 1 aliphatic rings. The Morgan fingerprint density at radius 2 is 2.44 bits per heavy atom. The van der Waals surface area contributed by atoms with Crippen molar-refractivity contribution >= 4 is 16.5 Å². The highest BCUT2D eigenvalue weighted by molar-refractivity contribution is 7.13. The van der Waals surface area contributed by atoms with Crippen LogP contribution in [0.5, 0.6) is 0 Å². The summed E-state index contributed by atoms with van der Waals surface area (Å²) in [5, 5.41) is 6.50. The van der Waals surface area contributed by atoms with Gasteiger partial charge in [-0.05, 0) is 25.3 Å². The van der Waals surface area contributed by atoms with Crippen LogP contribution in [0, 0.1) is 11.8 Å². The van der Waals surface area contributed by atoms with Gasteiger partial charge in [0, 0.05) is 25.0 Å². The molecular formula is C12H21N3S. The molecule has 0 saturated carbocycles. The summed E-state index contributed by atoms with van der Waals surface area (Å²) in [6, 6.07) is 0. The van der Waals surface area contributed by atoms with Crippen LogP contribution < -0.4 is 10.2 Å². The largest absolute Gasteiger partial charge is 0.348 e. The highest BCUT2D eigenvalue weighted by Gasteiger charge is 2.26. The molecule has 1 N–H and O–H groups in total. The summed E-state index contributed by atoms with van der Waals surface area (Å²) in [6.07, 6.45) is 1.32. The number of nitrogens with zero attached hydrogens (tertiary/aromatic N) is 2. The average Bonchev–Trinajstić information content (AvgIpc) is 2.84. The van der Waals surface area contributed by atoms with E-state index in [1.807, 2.05) is 7.05 Å². The van der Waals surface area contributed by atoms with Crippen LogP contribution in [0.2, 0.25) is 0 Å². The van der Waals surface area contributed by atoms with Crippen molar-refractivity contribution in [2.75, 3.05) is 25.0 Å². The Morgan fingerprint density at radius 1 is 1.62 bits per heavy atom. The molecule has 4 heteroatoms. The summed E-state index contributed by atoms with van der Waals surface area (Å²) >= 11 is 1.78. The molecule has 0 bridgehead atoms. The molecular weight excluding hydrogens is 218 g/mol. The molecule has 0 radical (unpaired) electrons. The molecule has 0 amide bonds. The second-order valence-corrected chi connectivity index (χ2v) is 5.73. The van der Waals surface area contributed by atoms with Crippen molar-refractivity contribution in [1.29, 1.82) is 0 Å². The summed E-state index contributed by atoms with van der Waals surface area (Å²) in [5.74, 6) is 1.64. The first-order valence-corrected chi connectivity index (χ1v) is 6.92. The summed E-state index contributed by atoms with van der Waals surface area (Å²) in [4.78, 5) is 7.10. The maximum atomic E-state index is 4.66.